The molecule has 0 heterocycles. The summed E-state index contributed by atoms with van der Waals surface area (Å²) in [5.74, 6) is 0. The first kappa shape index (κ1) is 10.5. The molecule has 0 aromatic carbocycles. The lowest BCUT2D eigenvalue weighted by Gasteiger charge is -2.19. The van der Waals surface area contributed by atoms with Gasteiger partial charge in [-0.15, -0.1) is 0 Å². The Bertz CT molecular complexity index is 128. The number of aliphatic hydroxyl groups excluding tert-OH is 3. The number of carbonyl (C=O) groups excluding carboxylic acids is 1. The number of alkyl halides is 1. The Hall–Kier alpha value is -0.520. The number of carbonyl (C=O) groups is 1. The molecular formula is C6H11FO4. The third kappa shape index (κ3) is 2.92. The molecule has 0 aromatic heterocycles. The lowest BCUT2D eigenvalue weighted by atomic mass is 10.1. The van der Waals surface area contributed by atoms with Crippen LogP contribution in [0.3, 0.4) is 0 Å². The van der Waals surface area contributed by atoms with Crippen LogP contribution in [0.2, 0.25) is 0 Å². The van der Waals surface area contributed by atoms with E-state index < -0.39 is 24.5 Å². The van der Waals surface area contributed by atoms with Crippen molar-refractivity contribution in [3.8, 4) is 0 Å². The summed E-state index contributed by atoms with van der Waals surface area (Å²) in [6, 6.07) is 0. The van der Waals surface area contributed by atoms with E-state index in [9.17, 15) is 9.18 Å². The lowest BCUT2D eigenvalue weighted by molar-refractivity contribution is -0.123. The number of aldehydes is 1. The van der Waals surface area contributed by atoms with Crippen LogP contribution >= 0.6 is 0 Å². The molecule has 0 aliphatic carbocycles. The fraction of sp³-hybridized carbons (Fsp3) is 0.833. The first-order valence-electron chi connectivity index (χ1n) is 3.14. The second-order valence-electron chi connectivity index (χ2n) is 2.30. The molecule has 0 rings (SSSR count). The fourth-order valence-electron chi connectivity index (χ4n) is 0.554. The van der Waals surface area contributed by atoms with Gasteiger partial charge in [-0.2, -0.15) is 0 Å². The summed E-state index contributed by atoms with van der Waals surface area (Å²) >= 11 is 0. The number of hydrogen-bond acceptors (Lipinski definition) is 4. The molecule has 0 aliphatic heterocycles. The van der Waals surface area contributed by atoms with Crippen LogP contribution in [0.4, 0.5) is 4.39 Å². The topological polar surface area (TPSA) is 77.8 Å². The molecule has 0 bridgehead atoms. The van der Waals surface area contributed by atoms with Gasteiger partial charge in [0.1, 0.15) is 12.2 Å². The molecule has 4 nitrogen and oxygen atoms in total. The minimum absolute atomic E-state index is 0.129. The van der Waals surface area contributed by atoms with Gasteiger partial charge in [0.2, 0.25) is 0 Å². The molecule has 3 N–H and O–H groups in total. The Balaban J connectivity index is 4.00. The van der Waals surface area contributed by atoms with Crippen molar-refractivity contribution in [2.24, 2.45) is 0 Å². The van der Waals surface area contributed by atoms with Crippen LogP contribution in [0.1, 0.15) is 6.92 Å². The Morgan fingerprint density at radius 3 is 2.00 bits per heavy atom. The average molecular weight is 166 g/mol. The first-order valence-corrected chi connectivity index (χ1v) is 3.14. The third-order valence-electron chi connectivity index (χ3n) is 1.30. The van der Waals surface area contributed by atoms with E-state index >= 15 is 0 Å². The van der Waals surface area contributed by atoms with Gasteiger partial charge in [-0.1, -0.05) is 0 Å². The SMILES string of the molecule is C[C@H](O)[C@@H](O)[C@@H](O)[C@@H](F)C=O. The minimum Gasteiger partial charge on any atom is -0.391 e. The summed E-state index contributed by atoms with van der Waals surface area (Å²) in [6.07, 6.45) is -7.03. The molecule has 5 heteroatoms. The zero-order valence-electron chi connectivity index (χ0n) is 6.01. The van der Waals surface area contributed by atoms with Crippen molar-refractivity contribution < 1.29 is 24.5 Å². The van der Waals surface area contributed by atoms with Gasteiger partial charge < -0.3 is 20.1 Å². The lowest BCUT2D eigenvalue weighted by Crippen LogP contribution is -2.42. The standard InChI is InChI=1S/C6H11FO4/c1-3(9)5(10)6(11)4(7)2-8/h2-6,9-11H,1H3/t3-,4-,5+,6-/m0/s1. The van der Waals surface area contributed by atoms with Crippen LogP contribution in [0.5, 0.6) is 0 Å². The monoisotopic (exact) mass is 166 g/mol. The molecule has 0 fully saturated rings. The van der Waals surface area contributed by atoms with E-state index in [0.717, 1.165) is 0 Å². The second-order valence-corrected chi connectivity index (χ2v) is 2.30. The quantitative estimate of drug-likeness (QED) is 0.450. The summed E-state index contributed by atoms with van der Waals surface area (Å²) in [4.78, 5) is 9.75. The molecule has 0 saturated heterocycles. The van der Waals surface area contributed by atoms with Crippen LogP contribution in [0.15, 0.2) is 0 Å². The second kappa shape index (κ2) is 4.38. The van der Waals surface area contributed by atoms with Gasteiger partial charge in [-0.25, -0.2) is 4.39 Å². The fourth-order valence-corrected chi connectivity index (χ4v) is 0.554. The van der Waals surface area contributed by atoms with Gasteiger partial charge in [0.05, 0.1) is 6.10 Å². The highest BCUT2D eigenvalue weighted by molar-refractivity contribution is 5.56. The molecule has 0 amide bonds. The molecule has 66 valence electrons. The van der Waals surface area contributed by atoms with Crippen LogP contribution < -0.4 is 0 Å². The molecule has 0 aliphatic rings. The smallest absolute Gasteiger partial charge is 0.183 e. The maximum atomic E-state index is 12.2. The maximum Gasteiger partial charge on any atom is 0.183 e. The molecule has 0 unspecified atom stereocenters. The summed E-state index contributed by atoms with van der Waals surface area (Å²) in [5.41, 5.74) is 0. The average Bonchev–Trinajstić information content (AvgIpc) is 2.00. The van der Waals surface area contributed by atoms with Crippen molar-refractivity contribution in [2.45, 2.75) is 31.4 Å². The van der Waals surface area contributed by atoms with Gasteiger partial charge in [-0.05, 0) is 6.92 Å². The Kier molecular flexibility index (Phi) is 4.17. The first-order chi connectivity index (χ1) is 5.00. The summed E-state index contributed by atoms with van der Waals surface area (Å²) < 4.78 is 12.2. The molecule has 0 aromatic rings. The van der Waals surface area contributed by atoms with Crippen LogP contribution in [0, 0.1) is 0 Å². The van der Waals surface area contributed by atoms with Gasteiger partial charge in [-0.3, -0.25) is 0 Å². The summed E-state index contributed by atoms with van der Waals surface area (Å²) in [7, 11) is 0. The number of rotatable bonds is 4. The van der Waals surface area contributed by atoms with E-state index in [2.05, 4.69) is 0 Å². The molecule has 0 radical (unpaired) electrons. The molecule has 0 spiro atoms. The van der Waals surface area contributed by atoms with Gasteiger partial charge >= 0.3 is 0 Å². The predicted molar refractivity (Wildman–Crippen MR) is 34.7 cm³/mol. The van der Waals surface area contributed by atoms with E-state index in [1.165, 1.54) is 6.92 Å². The molecule has 0 saturated carbocycles. The third-order valence-corrected chi connectivity index (χ3v) is 1.30. The van der Waals surface area contributed by atoms with Crippen molar-refractivity contribution in [3.05, 3.63) is 0 Å². The van der Waals surface area contributed by atoms with Gasteiger partial charge in [0.25, 0.3) is 0 Å². The van der Waals surface area contributed by atoms with Crippen molar-refractivity contribution in [1.29, 1.82) is 0 Å². The normalized spacial score (nSPS) is 21.9. The largest absolute Gasteiger partial charge is 0.391 e. The number of halogens is 1. The molecule has 4 atom stereocenters. The zero-order valence-corrected chi connectivity index (χ0v) is 6.01. The van der Waals surface area contributed by atoms with Crippen molar-refractivity contribution in [3.63, 3.8) is 0 Å². The van der Waals surface area contributed by atoms with E-state index in [-0.39, 0.29) is 6.29 Å². The highest BCUT2D eigenvalue weighted by atomic mass is 19.1. The maximum absolute atomic E-state index is 12.2. The van der Waals surface area contributed by atoms with E-state index in [0.29, 0.717) is 0 Å². The minimum atomic E-state index is -2.15. The van der Waals surface area contributed by atoms with Crippen LogP contribution in [-0.4, -0.2) is 46.1 Å². The van der Waals surface area contributed by atoms with Crippen molar-refractivity contribution >= 4 is 6.29 Å². The highest BCUT2D eigenvalue weighted by Gasteiger charge is 2.28. The van der Waals surface area contributed by atoms with Crippen LogP contribution in [-0.2, 0) is 4.79 Å². The summed E-state index contributed by atoms with van der Waals surface area (Å²) in [5, 5.41) is 26.2. The summed E-state index contributed by atoms with van der Waals surface area (Å²) in [6.45, 7) is 1.19. The molecule has 11 heavy (non-hydrogen) atoms. The highest BCUT2D eigenvalue weighted by Crippen LogP contribution is 2.05. The number of hydrogen-bond donors (Lipinski definition) is 3. The Morgan fingerprint density at radius 1 is 1.27 bits per heavy atom. The number of aliphatic hydroxyl groups is 3. The van der Waals surface area contributed by atoms with E-state index in [1.807, 2.05) is 0 Å². The predicted octanol–water partition coefficient (Wildman–Crippen LogP) is -1.37. The Labute approximate surface area is 63.3 Å². The Morgan fingerprint density at radius 2 is 1.73 bits per heavy atom. The zero-order chi connectivity index (χ0) is 9.02. The van der Waals surface area contributed by atoms with E-state index in [4.69, 9.17) is 15.3 Å². The van der Waals surface area contributed by atoms with Crippen molar-refractivity contribution in [2.75, 3.05) is 0 Å². The van der Waals surface area contributed by atoms with Crippen molar-refractivity contribution in [1.82, 2.24) is 0 Å². The molecular weight excluding hydrogens is 155 g/mol. The van der Waals surface area contributed by atoms with E-state index in [1.54, 1.807) is 0 Å². The van der Waals surface area contributed by atoms with Gasteiger partial charge in [0, 0.05) is 0 Å². The van der Waals surface area contributed by atoms with Gasteiger partial charge in [0.15, 0.2) is 12.5 Å². The van der Waals surface area contributed by atoms with Crippen LogP contribution in [0.25, 0.3) is 0 Å².